The first-order valence-electron chi connectivity index (χ1n) is 8.49. The number of carbonyl (C=O) groups is 1. The van der Waals surface area contributed by atoms with Crippen LogP contribution in [-0.2, 0) is 0 Å². The number of benzene rings is 1. The highest BCUT2D eigenvalue weighted by molar-refractivity contribution is 6.13. The van der Waals surface area contributed by atoms with Crippen LogP contribution < -0.4 is 9.80 Å². The Kier molecular flexibility index (Phi) is 4.81. The van der Waals surface area contributed by atoms with E-state index in [0.717, 1.165) is 48.9 Å². The minimum Gasteiger partial charge on any atom is -0.323 e. The van der Waals surface area contributed by atoms with Gasteiger partial charge in [0.05, 0.1) is 16.9 Å². The summed E-state index contributed by atoms with van der Waals surface area (Å²) in [6.45, 7) is 8.09. The van der Waals surface area contributed by atoms with E-state index in [9.17, 15) is 4.79 Å². The van der Waals surface area contributed by atoms with Gasteiger partial charge in [-0.25, -0.2) is 4.98 Å². The molecule has 0 fully saturated rings. The third kappa shape index (κ3) is 2.87. The highest BCUT2D eigenvalue weighted by atomic mass is 16.2. The molecule has 5 nitrogen and oxygen atoms in total. The number of aromatic nitrogens is 1. The number of pyridine rings is 1. The van der Waals surface area contributed by atoms with Crippen molar-refractivity contribution >= 4 is 23.1 Å². The summed E-state index contributed by atoms with van der Waals surface area (Å²) in [7, 11) is 1.81. The fraction of sp³-hybridized carbons (Fsp3) is 0.368. The van der Waals surface area contributed by atoms with Crippen molar-refractivity contribution in [1.82, 2.24) is 9.88 Å². The van der Waals surface area contributed by atoms with E-state index in [1.54, 1.807) is 11.1 Å². The standard InChI is InChI=1S/C19H24N4O/c1-4-22(5-2)13-14-23-16-10-7-6-9-15(16)19(24)21(3)17-11-8-12-20-18(17)23/h6-12H,4-5,13-14H2,1-3H3. The van der Waals surface area contributed by atoms with E-state index in [4.69, 9.17) is 0 Å². The Morgan fingerprint density at radius 2 is 1.75 bits per heavy atom. The number of anilines is 3. The summed E-state index contributed by atoms with van der Waals surface area (Å²) in [6, 6.07) is 11.6. The van der Waals surface area contributed by atoms with Crippen LogP contribution in [0.2, 0.25) is 0 Å². The van der Waals surface area contributed by atoms with Gasteiger partial charge in [0.2, 0.25) is 0 Å². The number of fused-ring (bicyclic) bond motifs is 2. The average molecular weight is 324 g/mol. The predicted octanol–water partition coefficient (Wildman–Crippen LogP) is 3.15. The van der Waals surface area contributed by atoms with E-state index >= 15 is 0 Å². The molecule has 0 bridgehead atoms. The van der Waals surface area contributed by atoms with Crippen molar-refractivity contribution in [2.45, 2.75) is 13.8 Å². The van der Waals surface area contributed by atoms with Gasteiger partial charge in [0.25, 0.3) is 5.91 Å². The number of hydrogen-bond acceptors (Lipinski definition) is 4. The van der Waals surface area contributed by atoms with E-state index in [1.807, 2.05) is 43.4 Å². The molecule has 0 radical (unpaired) electrons. The summed E-state index contributed by atoms with van der Waals surface area (Å²) < 4.78 is 0. The fourth-order valence-corrected chi connectivity index (χ4v) is 3.16. The number of rotatable bonds is 5. The van der Waals surface area contributed by atoms with Crippen molar-refractivity contribution in [3.05, 3.63) is 48.2 Å². The largest absolute Gasteiger partial charge is 0.323 e. The van der Waals surface area contributed by atoms with Gasteiger partial charge in [-0.05, 0) is 37.4 Å². The van der Waals surface area contributed by atoms with Crippen molar-refractivity contribution in [3.63, 3.8) is 0 Å². The minimum absolute atomic E-state index is 0.00480. The van der Waals surface area contributed by atoms with Gasteiger partial charge < -0.3 is 14.7 Å². The summed E-state index contributed by atoms with van der Waals surface area (Å²) in [4.78, 5) is 23.7. The lowest BCUT2D eigenvalue weighted by atomic mass is 10.1. The summed E-state index contributed by atoms with van der Waals surface area (Å²) >= 11 is 0. The van der Waals surface area contributed by atoms with Crippen molar-refractivity contribution in [3.8, 4) is 0 Å². The second-order valence-corrected chi connectivity index (χ2v) is 5.91. The Hall–Kier alpha value is -2.40. The molecule has 0 spiro atoms. The van der Waals surface area contributed by atoms with Crippen molar-refractivity contribution in [2.24, 2.45) is 0 Å². The van der Waals surface area contributed by atoms with Gasteiger partial charge in [-0.3, -0.25) is 4.79 Å². The summed E-state index contributed by atoms with van der Waals surface area (Å²) in [6.07, 6.45) is 1.79. The average Bonchev–Trinajstić information content (AvgIpc) is 2.72. The molecular weight excluding hydrogens is 300 g/mol. The molecule has 0 atom stereocenters. The van der Waals surface area contributed by atoms with Crippen LogP contribution in [0.25, 0.3) is 0 Å². The Balaban J connectivity index is 2.07. The van der Waals surface area contributed by atoms with E-state index in [1.165, 1.54) is 0 Å². The summed E-state index contributed by atoms with van der Waals surface area (Å²) in [5.74, 6) is 0.843. The first kappa shape index (κ1) is 16.5. The number of carbonyl (C=O) groups excluding carboxylic acids is 1. The third-order valence-corrected chi connectivity index (χ3v) is 4.65. The molecule has 24 heavy (non-hydrogen) atoms. The van der Waals surface area contributed by atoms with Gasteiger partial charge in [-0.15, -0.1) is 0 Å². The lowest BCUT2D eigenvalue weighted by Gasteiger charge is -2.28. The van der Waals surface area contributed by atoms with Crippen LogP contribution in [0.5, 0.6) is 0 Å². The second kappa shape index (κ2) is 7.01. The highest BCUT2D eigenvalue weighted by Crippen LogP contribution is 2.38. The topological polar surface area (TPSA) is 39.7 Å². The van der Waals surface area contributed by atoms with Crippen LogP contribution in [0.15, 0.2) is 42.6 Å². The SMILES string of the molecule is CCN(CC)CCN1c2ccccc2C(=O)N(C)c2cccnc21. The molecule has 0 unspecified atom stereocenters. The van der Waals surface area contributed by atoms with Crippen LogP contribution >= 0.6 is 0 Å². The molecule has 0 aliphatic carbocycles. The number of nitrogens with zero attached hydrogens (tertiary/aromatic N) is 4. The van der Waals surface area contributed by atoms with Gasteiger partial charge in [0.1, 0.15) is 0 Å². The van der Waals surface area contributed by atoms with Gasteiger partial charge in [-0.1, -0.05) is 26.0 Å². The molecule has 1 amide bonds. The van der Waals surface area contributed by atoms with Gasteiger partial charge in [0.15, 0.2) is 5.82 Å². The molecule has 5 heteroatoms. The monoisotopic (exact) mass is 324 g/mol. The molecule has 0 saturated heterocycles. The first-order chi connectivity index (χ1) is 11.7. The van der Waals surface area contributed by atoms with Gasteiger partial charge >= 0.3 is 0 Å². The number of likely N-dealkylation sites (N-methyl/N-ethyl adjacent to an activating group) is 1. The van der Waals surface area contributed by atoms with Crippen LogP contribution in [0.4, 0.5) is 17.2 Å². The molecule has 1 aliphatic rings. The molecular formula is C19H24N4O. The Labute approximate surface area is 143 Å². The van der Waals surface area contributed by atoms with E-state index in [-0.39, 0.29) is 5.91 Å². The first-order valence-corrected chi connectivity index (χ1v) is 8.49. The molecule has 3 rings (SSSR count). The maximum atomic E-state index is 12.9. The highest BCUT2D eigenvalue weighted by Gasteiger charge is 2.29. The second-order valence-electron chi connectivity index (χ2n) is 5.91. The molecule has 1 aromatic carbocycles. The Morgan fingerprint density at radius 1 is 1.04 bits per heavy atom. The summed E-state index contributed by atoms with van der Waals surface area (Å²) in [5, 5.41) is 0. The molecule has 1 aromatic heterocycles. The molecule has 2 aromatic rings. The molecule has 2 heterocycles. The number of para-hydroxylation sites is 1. The van der Waals surface area contributed by atoms with Crippen molar-refractivity contribution in [1.29, 1.82) is 0 Å². The van der Waals surface area contributed by atoms with Gasteiger partial charge in [-0.2, -0.15) is 0 Å². The van der Waals surface area contributed by atoms with E-state index in [0.29, 0.717) is 0 Å². The Bertz CT molecular complexity index is 727. The maximum absolute atomic E-state index is 12.9. The normalized spacial score (nSPS) is 13.8. The van der Waals surface area contributed by atoms with E-state index in [2.05, 4.69) is 28.6 Å². The molecule has 126 valence electrons. The Morgan fingerprint density at radius 3 is 2.50 bits per heavy atom. The molecule has 0 N–H and O–H groups in total. The predicted molar refractivity (Wildman–Crippen MR) is 98.2 cm³/mol. The van der Waals surface area contributed by atoms with Gasteiger partial charge in [0, 0.05) is 26.3 Å². The molecule has 0 saturated carbocycles. The lowest BCUT2D eigenvalue weighted by molar-refractivity contribution is 0.0994. The smallest absolute Gasteiger partial charge is 0.260 e. The zero-order chi connectivity index (χ0) is 17.1. The zero-order valence-electron chi connectivity index (χ0n) is 14.6. The van der Waals surface area contributed by atoms with Crippen molar-refractivity contribution in [2.75, 3.05) is 43.0 Å². The number of amides is 1. The van der Waals surface area contributed by atoms with Crippen LogP contribution in [0.1, 0.15) is 24.2 Å². The van der Waals surface area contributed by atoms with E-state index < -0.39 is 0 Å². The van der Waals surface area contributed by atoms with Crippen LogP contribution in [-0.4, -0.2) is 49.0 Å². The third-order valence-electron chi connectivity index (χ3n) is 4.65. The summed E-state index contributed by atoms with van der Waals surface area (Å²) in [5.41, 5.74) is 2.50. The minimum atomic E-state index is 0.00480. The lowest BCUT2D eigenvalue weighted by Crippen LogP contribution is -2.33. The van der Waals surface area contributed by atoms with Crippen LogP contribution in [0, 0.1) is 0 Å². The maximum Gasteiger partial charge on any atom is 0.260 e. The van der Waals surface area contributed by atoms with Crippen molar-refractivity contribution < 1.29 is 4.79 Å². The molecule has 1 aliphatic heterocycles. The zero-order valence-corrected chi connectivity index (χ0v) is 14.6. The fourth-order valence-electron chi connectivity index (χ4n) is 3.16. The quantitative estimate of drug-likeness (QED) is 0.847. The number of hydrogen-bond donors (Lipinski definition) is 0. The van der Waals surface area contributed by atoms with Crippen LogP contribution in [0.3, 0.4) is 0 Å².